The van der Waals surface area contributed by atoms with E-state index in [1.165, 1.54) is 6.07 Å². The molecule has 0 unspecified atom stereocenters. The molecule has 0 aromatic heterocycles. The molecule has 0 bridgehead atoms. The maximum absolute atomic E-state index is 13.2. The SMILES string of the molecule is NCCc1cc(F)cc(OCCOCC(F)(F)F)c1. The van der Waals surface area contributed by atoms with Crippen LogP contribution in [-0.4, -0.2) is 32.5 Å². The van der Waals surface area contributed by atoms with Crippen molar-refractivity contribution in [1.82, 2.24) is 0 Å². The largest absolute Gasteiger partial charge is 0.491 e. The Balaban J connectivity index is 2.36. The van der Waals surface area contributed by atoms with Crippen LogP contribution in [0.1, 0.15) is 5.56 Å². The lowest BCUT2D eigenvalue weighted by Crippen LogP contribution is -2.19. The minimum atomic E-state index is -4.35. The first-order valence-electron chi connectivity index (χ1n) is 5.67. The number of benzene rings is 1. The van der Waals surface area contributed by atoms with Crippen molar-refractivity contribution < 1.29 is 27.0 Å². The van der Waals surface area contributed by atoms with Gasteiger partial charge in [-0.15, -0.1) is 0 Å². The topological polar surface area (TPSA) is 44.5 Å². The molecule has 0 saturated heterocycles. The summed E-state index contributed by atoms with van der Waals surface area (Å²) in [7, 11) is 0. The molecule has 0 saturated carbocycles. The Kier molecular flexibility index (Phi) is 6.04. The summed E-state index contributed by atoms with van der Waals surface area (Å²) in [6.07, 6.45) is -3.86. The second-order valence-electron chi connectivity index (χ2n) is 3.85. The Morgan fingerprint density at radius 3 is 2.47 bits per heavy atom. The first kappa shape index (κ1) is 15.7. The second kappa shape index (κ2) is 7.30. The minimum absolute atomic E-state index is 0.0817. The van der Waals surface area contributed by atoms with E-state index in [9.17, 15) is 17.6 Å². The van der Waals surface area contributed by atoms with Crippen LogP contribution in [0.5, 0.6) is 5.75 Å². The van der Waals surface area contributed by atoms with Crippen LogP contribution >= 0.6 is 0 Å². The number of rotatable bonds is 7. The van der Waals surface area contributed by atoms with Crippen LogP contribution < -0.4 is 10.5 Å². The molecule has 0 aliphatic carbocycles. The van der Waals surface area contributed by atoms with Crippen LogP contribution in [0, 0.1) is 5.82 Å². The molecule has 0 fully saturated rings. The Morgan fingerprint density at radius 2 is 1.84 bits per heavy atom. The Morgan fingerprint density at radius 1 is 1.11 bits per heavy atom. The smallest absolute Gasteiger partial charge is 0.411 e. The fourth-order valence-corrected chi connectivity index (χ4v) is 1.42. The summed E-state index contributed by atoms with van der Waals surface area (Å²) >= 11 is 0. The molecular weight excluding hydrogens is 266 g/mol. The Labute approximate surface area is 108 Å². The molecule has 3 nitrogen and oxygen atoms in total. The van der Waals surface area contributed by atoms with E-state index >= 15 is 0 Å². The van der Waals surface area contributed by atoms with E-state index in [1.54, 1.807) is 6.07 Å². The van der Waals surface area contributed by atoms with Gasteiger partial charge in [-0.2, -0.15) is 13.2 Å². The Hall–Kier alpha value is -1.34. The van der Waals surface area contributed by atoms with Crippen LogP contribution in [0.2, 0.25) is 0 Å². The van der Waals surface area contributed by atoms with E-state index in [0.717, 1.165) is 6.07 Å². The molecule has 1 rings (SSSR count). The summed E-state index contributed by atoms with van der Waals surface area (Å²) in [5.74, 6) is -0.226. The van der Waals surface area contributed by atoms with Crippen LogP contribution in [0.4, 0.5) is 17.6 Å². The lowest BCUT2D eigenvalue weighted by Gasteiger charge is -2.10. The van der Waals surface area contributed by atoms with Crippen molar-refractivity contribution >= 4 is 0 Å². The van der Waals surface area contributed by atoms with Gasteiger partial charge in [0.05, 0.1) is 6.61 Å². The summed E-state index contributed by atoms with van der Waals surface area (Å²) in [5, 5.41) is 0. The van der Waals surface area contributed by atoms with E-state index in [-0.39, 0.29) is 19.0 Å². The molecule has 0 aliphatic heterocycles. The fraction of sp³-hybridized carbons (Fsp3) is 0.500. The lowest BCUT2D eigenvalue weighted by atomic mass is 10.1. The van der Waals surface area contributed by atoms with Crippen molar-refractivity contribution in [2.24, 2.45) is 5.73 Å². The van der Waals surface area contributed by atoms with Crippen LogP contribution in [0.3, 0.4) is 0 Å². The van der Waals surface area contributed by atoms with Crippen molar-refractivity contribution in [3.63, 3.8) is 0 Å². The van der Waals surface area contributed by atoms with Crippen molar-refractivity contribution in [2.45, 2.75) is 12.6 Å². The highest BCUT2D eigenvalue weighted by Gasteiger charge is 2.27. The van der Waals surface area contributed by atoms with Crippen LogP contribution in [0.15, 0.2) is 18.2 Å². The monoisotopic (exact) mass is 281 g/mol. The van der Waals surface area contributed by atoms with E-state index < -0.39 is 18.6 Å². The van der Waals surface area contributed by atoms with E-state index in [4.69, 9.17) is 10.5 Å². The first-order valence-corrected chi connectivity index (χ1v) is 5.67. The molecule has 1 aromatic carbocycles. The molecule has 0 amide bonds. The van der Waals surface area contributed by atoms with E-state index in [1.807, 2.05) is 0 Å². The molecular formula is C12H15F4NO2. The quantitative estimate of drug-likeness (QED) is 0.616. The maximum atomic E-state index is 13.2. The van der Waals surface area contributed by atoms with E-state index in [2.05, 4.69) is 4.74 Å². The second-order valence-corrected chi connectivity index (χ2v) is 3.85. The predicted octanol–water partition coefficient (Wildman–Crippen LogP) is 2.28. The third-order valence-corrected chi connectivity index (χ3v) is 2.13. The van der Waals surface area contributed by atoms with Gasteiger partial charge >= 0.3 is 6.18 Å². The average Bonchev–Trinajstić information content (AvgIpc) is 2.26. The zero-order valence-corrected chi connectivity index (χ0v) is 10.2. The van der Waals surface area contributed by atoms with Gasteiger partial charge < -0.3 is 15.2 Å². The highest BCUT2D eigenvalue weighted by Crippen LogP contribution is 2.17. The number of hydrogen-bond donors (Lipinski definition) is 1. The van der Waals surface area contributed by atoms with Crippen LogP contribution in [0.25, 0.3) is 0 Å². The molecule has 19 heavy (non-hydrogen) atoms. The van der Waals surface area contributed by atoms with Gasteiger partial charge in [-0.25, -0.2) is 4.39 Å². The van der Waals surface area contributed by atoms with Crippen molar-refractivity contribution in [3.8, 4) is 5.75 Å². The molecule has 1 aromatic rings. The lowest BCUT2D eigenvalue weighted by molar-refractivity contribution is -0.175. The standard InChI is InChI=1S/C12H15F4NO2/c13-10-5-9(1-2-17)6-11(7-10)19-4-3-18-8-12(14,15)16/h5-7H,1-4,8,17H2. The van der Waals surface area contributed by atoms with Gasteiger partial charge in [0.15, 0.2) is 0 Å². The summed E-state index contributed by atoms with van der Waals surface area (Å²) in [4.78, 5) is 0. The van der Waals surface area contributed by atoms with Crippen molar-refractivity contribution in [2.75, 3.05) is 26.4 Å². The highest BCUT2D eigenvalue weighted by molar-refractivity contribution is 5.29. The third kappa shape index (κ3) is 6.97. The molecule has 2 N–H and O–H groups in total. The van der Waals surface area contributed by atoms with Gasteiger partial charge in [0.2, 0.25) is 0 Å². The fourth-order valence-electron chi connectivity index (χ4n) is 1.42. The molecule has 7 heteroatoms. The number of hydrogen-bond acceptors (Lipinski definition) is 3. The van der Waals surface area contributed by atoms with Gasteiger partial charge in [-0.3, -0.25) is 0 Å². The number of nitrogens with two attached hydrogens (primary N) is 1. The molecule has 0 radical (unpaired) electrons. The Bertz CT molecular complexity index is 396. The summed E-state index contributed by atoms with van der Waals surface area (Å²) in [6, 6.07) is 4.09. The molecule has 0 aliphatic rings. The van der Waals surface area contributed by atoms with Gasteiger partial charge in [-0.1, -0.05) is 0 Å². The average molecular weight is 281 g/mol. The van der Waals surface area contributed by atoms with Gasteiger partial charge in [0, 0.05) is 6.07 Å². The number of alkyl halides is 3. The highest BCUT2D eigenvalue weighted by atomic mass is 19.4. The van der Waals surface area contributed by atoms with Gasteiger partial charge in [0.1, 0.15) is 24.8 Å². The number of ether oxygens (including phenoxy) is 2. The van der Waals surface area contributed by atoms with Gasteiger partial charge in [-0.05, 0) is 30.7 Å². The summed E-state index contributed by atoms with van der Waals surface area (Å²) in [5.41, 5.74) is 6.03. The summed E-state index contributed by atoms with van der Waals surface area (Å²) in [6.45, 7) is -1.25. The third-order valence-electron chi connectivity index (χ3n) is 2.13. The van der Waals surface area contributed by atoms with Crippen molar-refractivity contribution in [3.05, 3.63) is 29.6 Å². The van der Waals surface area contributed by atoms with Gasteiger partial charge in [0.25, 0.3) is 0 Å². The predicted molar refractivity (Wildman–Crippen MR) is 61.5 cm³/mol. The molecule has 0 heterocycles. The maximum Gasteiger partial charge on any atom is 0.411 e. The first-order chi connectivity index (χ1) is 8.90. The zero-order valence-electron chi connectivity index (χ0n) is 10.2. The summed E-state index contributed by atoms with van der Waals surface area (Å²) < 4.78 is 58.0. The molecule has 0 atom stereocenters. The zero-order chi connectivity index (χ0) is 14.3. The van der Waals surface area contributed by atoms with Crippen molar-refractivity contribution in [1.29, 1.82) is 0 Å². The minimum Gasteiger partial charge on any atom is -0.491 e. The normalized spacial score (nSPS) is 11.6. The molecule has 108 valence electrons. The van der Waals surface area contributed by atoms with Crippen LogP contribution in [-0.2, 0) is 11.2 Å². The van der Waals surface area contributed by atoms with E-state index in [0.29, 0.717) is 18.5 Å². The number of halogens is 4. The molecule has 0 spiro atoms.